The van der Waals surface area contributed by atoms with Crippen molar-refractivity contribution in [2.75, 3.05) is 0 Å². The molecule has 18 heavy (non-hydrogen) atoms. The van der Waals surface area contributed by atoms with Crippen LogP contribution in [0.1, 0.15) is 42.9 Å². The summed E-state index contributed by atoms with van der Waals surface area (Å²) in [6, 6.07) is 6.51. The molecule has 1 fully saturated rings. The van der Waals surface area contributed by atoms with Crippen molar-refractivity contribution in [1.29, 1.82) is 0 Å². The summed E-state index contributed by atoms with van der Waals surface area (Å²) in [6.45, 7) is 1.95. The van der Waals surface area contributed by atoms with E-state index in [4.69, 9.17) is 0 Å². The van der Waals surface area contributed by atoms with Crippen LogP contribution in [-0.2, 0) is 17.6 Å². The Morgan fingerprint density at radius 3 is 2.83 bits per heavy atom. The zero-order valence-corrected chi connectivity index (χ0v) is 10.7. The van der Waals surface area contributed by atoms with Crippen LogP contribution in [0.15, 0.2) is 23.3 Å². The van der Waals surface area contributed by atoms with Gasteiger partial charge < -0.3 is 0 Å². The van der Waals surface area contributed by atoms with E-state index in [1.807, 2.05) is 6.92 Å². The minimum absolute atomic E-state index is 0.0653. The number of hydrogen-bond donors (Lipinski definition) is 1. The number of fused-ring (bicyclic) bond motifs is 1. The van der Waals surface area contributed by atoms with E-state index in [2.05, 4.69) is 28.7 Å². The van der Waals surface area contributed by atoms with Crippen LogP contribution in [0.3, 0.4) is 0 Å². The van der Waals surface area contributed by atoms with Crippen LogP contribution in [-0.4, -0.2) is 11.6 Å². The summed E-state index contributed by atoms with van der Waals surface area (Å²) in [5.41, 5.74) is 7.57. The molecule has 3 heteroatoms. The Morgan fingerprint density at radius 1 is 1.28 bits per heavy atom. The number of hydrogen-bond acceptors (Lipinski definition) is 2. The van der Waals surface area contributed by atoms with E-state index in [9.17, 15) is 4.79 Å². The number of rotatable bonds is 3. The van der Waals surface area contributed by atoms with Crippen molar-refractivity contribution in [3.63, 3.8) is 0 Å². The third kappa shape index (κ3) is 2.30. The van der Waals surface area contributed by atoms with Crippen LogP contribution in [0.5, 0.6) is 0 Å². The molecule has 2 aliphatic carbocycles. The molecule has 1 amide bonds. The molecule has 1 aromatic rings. The monoisotopic (exact) mass is 242 g/mol. The first-order valence-corrected chi connectivity index (χ1v) is 6.70. The van der Waals surface area contributed by atoms with Crippen molar-refractivity contribution < 1.29 is 4.79 Å². The summed E-state index contributed by atoms with van der Waals surface area (Å²) < 4.78 is 0. The van der Waals surface area contributed by atoms with Crippen molar-refractivity contribution in [1.82, 2.24) is 5.43 Å². The van der Waals surface area contributed by atoms with Gasteiger partial charge in [-0.25, -0.2) is 5.43 Å². The van der Waals surface area contributed by atoms with Gasteiger partial charge in [0.05, 0.1) is 5.71 Å². The number of nitrogens with zero attached hydrogens (tertiary/aromatic N) is 1. The molecule has 94 valence electrons. The van der Waals surface area contributed by atoms with E-state index in [0.29, 0.717) is 0 Å². The fraction of sp³-hybridized carbons (Fsp3) is 0.467. The molecule has 1 N–H and O–H groups in total. The predicted molar refractivity (Wildman–Crippen MR) is 71.5 cm³/mol. The Bertz CT molecular complexity index is 515. The van der Waals surface area contributed by atoms with Gasteiger partial charge in [-0.1, -0.05) is 12.1 Å². The van der Waals surface area contributed by atoms with Gasteiger partial charge in [0.25, 0.3) is 0 Å². The fourth-order valence-corrected chi connectivity index (χ4v) is 2.44. The number of carbonyl (C=O) groups is 1. The first-order chi connectivity index (χ1) is 8.74. The second-order valence-electron chi connectivity index (χ2n) is 5.28. The summed E-state index contributed by atoms with van der Waals surface area (Å²) in [6.07, 6.45) is 5.65. The number of amides is 1. The van der Waals surface area contributed by atoms with Gasteiger partial charge >= 0.3 is 0 Å². The third-order valence-electron chi connectivity index (χ3n) is 3.80. The SMILES string of the molecule is C/C(=N/NC(=O)C1CC1)c1ccc2c(c1)CCC2. The summed E-state index contributed by atoms with van der Waals surface area (Å²) in [5, 5.41) is 4.20. The maximum atomic E-state index is 11.5. The minimum atomic E-state index is 0.0653. The van der Waals surface area contributed by atoms with Gasteiger partial charge in [-0.15, -0.1) is 0 Å². The molecule has 0 radical (unpaired) electrons. The van der Waals surface area contributed by atoms with Gasteiger partial charge in [0.15, 0.2) is 0 Å². The lowest BCUT2D eigenvalue weighted by Gasteiger charge is -2.05. The molecular weight excluding hydrogens is 224 g/mol. The van der Waals surface area contributed by atoms with Crippen LogP contribution in [0.4, 0.5) is 0 Å². The second kappa shape index (κ2) is 4.56. The lowest BCUT2D eigenvalue weighted by molar-refractivity contribution is -0.122. The van der Waals surface area contributed by atoms with Gasteiger partial charge in [0.1, 0.15) is 0 Å². The van der Waals surface area contributed by atoms with Crippen LogP contribution in [0.2, 0.25) is 0 Å². The molecule has 3 nitrogen and oxygen atoms in total. The number of nitrogens with one attached hydrogen (secondary N) is 1. The lowest BCUT2D eigenvalue weighted by Crippen LogP contribution is -2.20. The highest BCUT2D eigenvalue weighted by Crippen LogP contribution is 2.28. The summed E-state index contributed by atoms with van der Waals surface area (Å²) in [5.74, 6) is 0.275. The lowest BCUT2D eigenvalue weighted by atomic mass is 10.0. The topological polar surface area (TPSA) is 41.5 Å². The average Bonchev–Trinajstić information content (AvgIpc) is 3.13. The molecule has 1 saturated carbocycles. The van der Waals surface area contributed by atoms with Gasteiger partial charge in [0.2, 0.25) is 5.91 Å². The van der Waals surface area contributed by atoms with E-state index < -0.39 is 0 Å². The van der Waals surface area contributed by atoms with Crippen LogP contribution < -0.4 is 5.43 Å². The number of aryl methyl sites for hydroxylation is 2. The molecule has 2 aliphatic rings. The molecule has 0 heterocycles. The largest absolute Gasteiger partial charge is 0.273 e. The summed E-state index contributed by atoms with van der Waals surface area (Å²) in [4.78, 5) is 11.5. The maximum absolute atomic E-state index is 11.5. The Morgan fingerprint density at radius 2 is 2.06 bits per heavy atom. The molecule has 1 aromatic carbocycles. The molecular formula is C15H18N2O. The standard InChI is InChI=1S/C15H18N2O/c1-10(16-17-15(18)12-6-7-12)13-8-5-11-3-2-4-14(11)9-13/h5,8-9,12H,2-4,6-7H2,1H3,(H,17,18)/b16-10-. The van der Waals surface area contributed by atoms with Gasteiger partial charge in [-0.3, -0.25) is 4.79 Å². The zero-order chi connectivity index (χ0) is 12.5. The molecule has 0 atom stereocenters. The second-order valence-corrected chi connectivity index (χ2v) is 5.28. The number of benzene rings is 1. The number of hydrazone groups is 1. The van der Waals surface area contributed by atoms with Crippen molar-refractivity contribution >= 4 is 11.6 Å². The molecule has 0 spiro atoms. The molecule has 0 saturated heterocycles. The normalized spacial score (nSPS) is 18.6. The van der Waals surface area contributed by atoms with E-state index in [1.54, 1.807) is 0 Å². The van der Waals surface area contributed by atoms with Crippen LogP contribution in [0, 0.1) is 5.92 Å². The quantitative estimate of drug-likeness (QED) is 0.642. The Labute approximate surface area is 107 Å². The predicted octanol–water partition coefficient (Wildman–Crippen LogP) is 2.43. The highest BCUT2D eigenvalue weighted by Gasteiger charge is 2.29. The van der Waals surface area contributed by atoms with E-state index in [1.165, 1.54) is 30.4 Å². The van der Waals surface area contributed by atoms with Crippen molar-refractivity contribution in [2.45, 2.75) is 39.0 Å². The van der Waals surface area contributed by atoms with Crippen LogP contribution >= 0.6 is 0 Å². The highest BCUT2D eigenvalue weighted by atomic mass is 16.2. The Balaban J connectivity index is 1.72. The zero-order valence-electron chi connectivity index (χ0n) is 10.7. The summed E-state index contributed by atoms with van der Waals surface area (Å²) in [7, 11) is 0. The average molecular weight is 242 g/mol. The van der Waals surface area contributed by atoms with Crippen molar-refractivity contribution in [3.8, 4) is 0 Å². The fourth-order valence-electron chi connectivity index (χ4n) is 2.44. The van der Waals surface area contributed by atoms with Gasteiger partial charge in [-0.05, 0) is 61.8 Å². The summed E-state index contributed by atoms with van der Waals surface area (Å²) >= 11 is 0. The van der Waals surface area contributed by atoms with Crippen LogP contribution in [0.25, 0.3) is 0 Å². The Kier molecular flexibility index (Phi) is 2.90. The van der Waals surface area contributed by atoms with Gasteiger partial charge in [-0.2, -0.15) is 5.10 Å². The minimum Gasteiger partial charge on any atom is -0.273 e. The molecule has 0 aliphatic heterocycles. The first-order valence-electron chi connectivity index (χ1n) is 6.70. The molecule has 0 aromatic heterocycles. The molecule has 0 bridgehead atoms. The molecule has 3 rings (SSSR count). The Hall–Kier alpha value is -1.64. The smallest absolute Gasteiger partial charge is 0.243 e. The molecule has 0 unspecified atom stereocenters. The maximum Gasteiger partial charge on any atom is 0.243 e. The van der Waals surface area contributed by atoms with Crippen molar-refractivity contribution in [2.24, 2.45) is 11.0 Å². The van der Waals surface area contributed by atoms with Crippen molar-refractivity contribution in [3.05, 3.63) is 34.9 Å². The highest BCUT2D eigenvalue weighted by molar-refractivity contribution is 5.99. The number of carbonyl (C=O) groups excluding carboxylic acids is 1. The third-order valence-corrected chi connectivity index (χ3v) is 3.80. The van der Waals surface area contributed by atoms with E-state index >= 15 is 0 Å². The van der Waals surface area contributed by atoms with E-state index in [-0.39, 0.29) is 11.8 Å². The van der Waals surface area contributed by atoms with Gasteiger partial charge in [0, 0.05) is 5.92 Å². The first kappa shape index (κ1) is 11.5. The van der Waals surface area contributed by atoms with E-state index in [0.717, 1.165) is 24.1 Å².